The number of carbonyl (C=O) groups is 4. The number of amides is 3. The minimum Gasteiger partial charge on any atom is -0.508 e. The van der Waals surface area contributed by atoms with Crippen molar-refractivity contribution in [2.24, 2.45) is 0 Å². The fourth-order valence-corrected chi connectivity index (χ4v) is 3.97. The fourth-order valence-electron chi connectivity index (χ4n) is 3.97. The number of carbonyl (C=O) groups excluding carboxylic acids is 4. The molecular formula is C28H28N6O7. The van der Waals surface area contributed by atoms with Crippen LogP contribution in [0.5, 0.6) is 5.75 Å². The van der Waals surface area contributed by atoms with E-state index in [9.17, 15) is 24.3 Å². The van der Waals surface area contributed by atoms with Crippen LogP contribution in [0.1, 0.15) is 37.4 Å². The minimum atomic E-state index is -1.02. The Hall–Kier alpha value is -5.46. The molecule has 0 aliphatic carbocycles. The molecule has 0 aliphatic rings. The smallest absolute Gasteiger partial charge is 0.419 e. The second-order valence-electron chi connectivity index (χ2n) is 9.06. The van der Waals surface area contributed by atoms with Gasteiger partial charge >= 0.3 is 12.1 Å². The van der Waals surface area contributed by atoms with E-state index in [1.807, 2.05) is 6.92 Å². The van der Waals surface area contributed by atoms with Crippen molar-refractivity contribution in [1.82, 2.24) is 24.8 Å². The van der Waals surface area contributed by atoms with Crippen molar-refractivity contribution in [3.63, 3.8) is 0 Å². The third-order valence-electron chi connectivity index (χ3n) is 6.30. The lowest BCUT2D eigenvalue weighted by Gasteiger charge is -2.15. The van der Waals surface area contributed by atoms with E-state index < -0.39 is 24.8 Å². The average molecular weight is 561 g/mol. The molecule has 3 N–H and O–H groups in total. The van der Waals surface area contributed by atoms with Gasteiger partial charge in [-0.1, -0.05) is 18.2 Å². The topological polar surface area (TPSA) is 164 Å². The molecule has 0 unspecified atom stereocenters. The molecule has 0 bridgehead atoms. The Morgan fingerprint density at radius 3 is 2.49 bits per heavy atom. The van der Waals surface area contributed by atoms with Crippen LogP contribution in [0.4, 0.5) is 16.3 Å². The number of esters is 1. The van der Waals surface area contributed by atoms with Gasteiger partial charge in [0.25, 0.3) is 11.8 Å². The molecule has 13 heteroatoms. The Kier molecular flexibility index (Phi) is 8.46. The molecule has 2 aromatic heterocycles. The van der Waals surface area contributed by atoms with Crippen molar-refractivity contribution >= 4 is 40.9 Å². The van der Waals surface area contributed by atoms with Gasteiger partial charge in [-0.05, 0) is 54.8 Å². The molecule has 0 fully saturated rings. The van der Waals surface area contributed by atoms with Crippen LogP contribution in [0.2, 0.25) is 0 Å². The molecule has 4 rings (SSSR count). The lowest BCUT2D eigenvalue weighted by molar-refractivity contribution is -0.151. The van der Waals surface area contributed by atoms with Crippen molar-refractivity contribution in [2.75, 3.05) is 26.2 Å². The molecule has 2 heterocycles. The Morgan fingerprint density at radius 2 is 1.78 bits per heavy atom. The first-order valence-electron chi connectivity index (χ1n) is 12.4. The van der Waals surface area contributed by atoms with Gasteiger partial charge in [0.05, 0.1) is 12.0 Å². The number of anilines is 2. The van der Waals surface area contributed by atoms with E-state index >= 15 is 0 Å². The largest absolute Gasteiger partial charge is 0.508 e. The summed E-state index contributed by atoms with van der Waals surface area (Å²) in [6, 6.07) is 11.2. The van der Waals surface area contributed by atoms with Crippen LogP contribution in [0.3, 0.4) is 0 Å². The van der Waals surface area contributed by atoms with Gasteiger partial charge in [-0.3, -0.25) is 14.4 Å². The van der Waals surface area contributed by atoms with Crippen molar-refractivity contribution in [3.8, 4) is 5.75 Å². The Bertz CT molecular complexity index is 1630. The minimum absolute atomic E-state index is 0.0670. The molecule has 0 radical (unpaired) electrons. The van der Waals surface area contributed by atoms with Gasteiger partial charge in [0.2, 0.25) is 6.79 Å². The summed E-state index contributed by atoms with van der Waals surface area (Å²) in [5.74, 6) is -1.11. The molecule has 0 saturated carbocycles. The summed E-state index contributed by atoms with van der Waals surface area (Å²) in [5, 5.41) is 19.3. The van der Waals surface area contributed by atoms with Gasteiger partial charge < -0.3 is 25.2 Å². The van der Waals surface area contributed by atoms with Crippen molar-refractivity contribution in [1.29, 1.82) is 0 Å². The number of ether oxygens (including phenoxy) is 2. The number of phenolic OH excluding ortho intramolecular Hbond substituents is 1. The van der Waals surface area contributed by atoms with Crippen LogP contribution in [0.15, 0.2) is 55.0 Å². The van der Waals surface area contributed by atoms with E-state index in [4.69, 9.17) is 9.47 Å². The number of aromatic nitrogens is 3. The number of rotatable bonds is 8. The zero-order valence-electron chi connectivity index (χ0n) is 22.8. The predicted molar refractivity (Wildman–Crippen MR) is 147 cm³/mol. The first-order valence-corrected chi connectivity index (χ1v) is 12.4. The number of hydrogen-bond acceptors (Lipinski definition) is 10. The molecule has 4 aromatic rings. The van der Waals surface area contributed by atoms with Crippen molar-refractivity contribution in [3.05, 3.63) is 82.8 Å². The van der Waals surface area contributed by atoms with Gasteiger partial charge in [0.15, 0.2) is 5.82 Å². The zero-order chi connectivity index (χ0) is 29.7. The summed E-state index contributed by atoms with van der Waals surface area (Å²) < 4.78 is 11.3. The molecule has 212 valence electrons. The third kappa shape index (κ3) is 6.41. The maximum atomic E-state index is 13.2. The highest BCUT2D eigenvalue weighted by atomic mass is 16.7. The molecule has 13 nitrogen and oxygen atoms in total. The number of benzene rings is 2. The van der Waals surface area contributed by atoms with Crippen LogP contribution >= 0.6 is 0 Å². The van der Waals surface area contributed by atoms with Crippen molar-refractivity contribution in [2.45, 2.75) is 20.3 Å². The highest BCUT2D eigenvalue weighted by Crippen LogP contribution is 2.28. The second kappa shape index (κ2) is 12.2. The molecule has 0 atom stereocenters. The monoisotopic (exact) mass is 560 g/mol. The number of nitrogens with one attached hydrogen (secondary N) is 2. The van der Waals surface area contributed by atoms with Crippen LogP contribution in [-0.4, -0.2) is 69.4 Å². The van der Waals surface area contributed by atoms with Gasteiger partial charge in [-0.25, -0.2) is 19.2 Å². The van der Waals surface area contributed by atoms with Gasteiger partial charge in [-0.15, -0.1) is 0 Å². The number of hydrogen-bond donors (Lipinski definition) is 3. The normalized spacial score (nSPS) is 10.6. The predicted octanol–water partition coefficient (Wildman–Crippen LogP) is 3.11. The quantitative estimate of drug-likeness (QED) is 0.215. The first kappa shape index (κ1) is 28.5. The van der Waals surface area contributed by atoms with Crippen LogP contribution in [0, 0.1) is 13.8 Å². The summed E-state index contributed by atoms with van der Waals surface area (Å²) in [5.41, 5.74) is 3.73. The zero-order valence-corrected chi connectivity index (χ0v) is 22.8. The number of nitrogens with zero attached hydrogens (tertiary/aromatic N) is 4. The second-order valence-corrected chi connectivity index (χ2v) is 9.06. The van der Waals surface area contributed by atoms with E-state index in [2.05, 4.69) is 20.7 Å². The third-order valence-corrected chi connectivity index (χ3v) is 6.30. The molecule has 2 aromatic carbocycles. The van der Waals surface area contributed by atoms with Gasteiger partial charge in [0.1, 0.15) is 17.6 Å². The maximum Gasteiger partial charge on any atom is 0.419 e. The van der Waals surface area contributed by atoms with Gasteiger partial charge in [0, 0.05) is 31.5 Å². The van der Waals surface area contributed by atoms with E-state index in [1.54, 1.807) is 44.3 Å². The summed E-state index contributed by atoms with van der Waals surface area (Å²) >= 11 is 0. The summed E-state index contributed by atoms with van der Waals surface area (Å²) in [6.07, 6.45) is 1.67. The Morgan fingerprint density at radius 1 is 1.05 bits per heavy atom. The number of imide groups is 1. The van der Waals surface area contributed by atoms with Crippen LogP contribution in [-0.2, 0) is 20.7 Å². The fraction of sp³-hybridized carbons (Fsp3) is 0.214. The Balaban J connectivity index is 1.44. The number of phenols is 1. The highest BCUT2D eigenvalue weighted by molar-refractivity contribution is 6.05. The molecule has 3 amide bonds. The SMILES string of the molecule is CNC(=O)c1ccc(C)c(Nc2ncnn3cc(C(=O)N(C)C(=O)OCOC(=O)Cc4ccc(O)cc4)c(C)c23)c1. The lowest BCUT2D eigenvalue weighted by atomic mass is 10.1. The molecular weight excluding hydrogens is 532 g/mol. The van der Waals surface area contributed by atoms with E-state index in [0.717, 1.165) is 10.5 Å². The Labute approximate surface area is 234 Å². The standard InChI is InChI=1S/C28H28N6O7/c1-16-5-8-19(26(37)29-3)12-22(16)32-25-24-17(2)21(13-34(24)31-14-30-25)27(38)33(4)28(39)41-15-40-23(36)11-18-6-9-20(35)10-7-18/h5-10,12-14,35H,11,15H2,1-4H3,(H,29,37)(H,30,31,32). The summed E-state index contributed by atoms with van der Waals surface area (Å²) in [6.45, 7) is 2.88. The molecule has 0 spiro atoms. The summed E-state index contributed by atoms with van der Waals surface area (Å²) in [7, 11) is 2.79. The average Bonchev–Trinajstić information content (AvgIpc) is 3.31. The van der Waals surface area contributed by atoms with E-state index in [-0.39, 0.29) is 23.6 Å². The number of aromatic hydroxyl groups is 1. The molecule has 0 aliphatic heterocycles. The summed E-state index contributed by atoms with van der Waals surface area (Å²) in [4.78, 5) is 54.9. The van der Waals surface area contributed by atoms with Crippen molar-refractivity contribution < 1.29 is 33.8 Å². The number of aryl methyl sites for hydroxylation is 2. The first-order chi connectivity index (χ1) is 19.6. The van der Waals surface area contributed by atoms with Crippen LogP contribution < -0.4 is 10.6 Å². The molecule has 0 saturated heterocycles. The van der Waals surface area contributed by atoms with E-state index in [0.29, 0.717) is 33.7 Å². The molecule has 41 heavy (non-hydrogen) atoms. The lowest BCUT2D eigenvalue weighted by Crippen LogP contribution is -2.34. The maximum absolute atomic E-state index is 13.2. The number of fused-ring (bicyclic) bond motifs is 1. The van der Waals surface area contributed by atoms with E-state index in [1.165, 1.54) is 36.2 Å². The van der Waals surface area contributed by atoms with Crippen LogP contribution in [0.25, 0.3) is 5.52 Å². The van der Waals surface area contributed by atoms with Gasteiger partial charge in [-0.2, -0.15) is 5.10 Å². The highest BCUT2D eigenvalue weighted by Gasteiger charge is 2.25.